The van der Waals surface area contributed by atoms with Crippen LogP contribution in [0.1, 0.15) is 25.6 Å². The number of para-hydroxylation sites is 1. The molecule has 0 aliphatic carbocycles. The van der Waals surface area contributed by atoms with Crippen molar-refractivity contribution in [1.29, 1.82) is 0 Å². The average Bonchev–Trinajstić information content (AvgIpc) is 3.09. The molecular formula is C22H29N5O4S. The van der Waals surface area contributed by atoms with Gasteiger partial charge in [-0.05, 0) is 18.9 Å². The van der Waals surface area contributed by atoms with Crippen LogP contribution in [0.3, 0.4) is 0 Å². The highest BCUT2D eigenvalue weighted by atomic mass is 32.2. The maximum Gasteiger partial charge on any atom is 0.219 e. The van der Waals surface area contributed by atoms with Crippen LogP contribution in [0, 0.1) is 0 Å². The second-order valence-electron chi connectivity index (χ2n) is 8.28. The maximum atomic E-state index is 12.0. The molecule has 3 aromatic rings. The predicted molar refractivity (Wildman–Crippen MR) is 124 cm³/mol. The number of nitrogens with two attached hydrogens (primary N) is 1. The number of anilines is 1. The number of hydrogen-bond acceptors (Lipinski definition) is 7. The molecule has 0 bridgehead atoms. The first kappa shape index (κ1) is 22.5. The van der Waals surface area contributed by atoms with Crippen molar-refractivity contribution in [2.45, 2.75) is 38.8 Å². The topological polar surface area (TPSA) is 120 Å². The Hall–Kier alpha value is -2.72. The van der Waals surface area contributed by atoms with Crippen molar-refractivity contribution in [3.05, 3.63) is 30.1 Å². The van der Waals surface area contributed by atoms with Gasteiger partial charge in [0.25, 0.3) is 0 Å². The van der Waals surface area contributed by atoms with Gasteiger partial charge in [-0.15, -0.1) is 0 Å². The number of aromatic nitrogens is 3. The molecule has 0 radical (unpaired) electrons. The molecule has 1 saturated heterocycles. The number of amides is 1. The number of ether oxygens (including phenoxy) is 1. The molecule has 2 aromatic heterocycles. The van der Waals surface area contributed by atoms with Crippen molar-refractivity contribution in [2.75, 3.05) is 37.5 Å². The highest BCUT2D eigenvalue weighted by Crippen LogP contribution is 2.29. The van der Waals surface area contributed by atoms with E-state index in [1.807, 2.05) is 24.3 Å². The summed E-state index contributed by atoms with van der Waals surface area (Å²) in [6.45, 7) is 3.29. The summed E-state index contributed by atoms with van der Waals surface area (Å²) < 4.78 is 30.5. The van der Waals surface area contributed by atoms with Gasteiger partial charge in [0.15, 0.2) is 15.7 Å². The third-order valence-corrected chi connectivity index (χ3v) is 7.77. The molecule has 3 heterocycles. The summed E-state index contributed by atoms with van der Waals surface area (Å²) in [6.07, 6.45) is 2.22. The van der Waals surface area contributed by atoms with Crippen LogP contribution in [0.4, 0.5) is 5.82 Å². The number of hydrogen-bond donors (Lipinski definition) is 1. The number of fused-ring (bicyclic) bond motifs is 3. The normalized spacial score (nSPS) is 15.8. The molecular weight excluding hydrogens is 430 g/mol. The Morgan fingerprint density at radius 2 is 2.00 bits per heavy atom. The summed E-state index contributed by atoms with van der Waals surface area (Å²) in [6, 6.07) is 7.68. The van der Waals surface area contributed by atoms with Crippen molar-refractivity contribution in [3.8, 4) is 0 Å². The fourth-order valence-electron chi connectivity index (χ4n) is 4.40. The number of unbranched alkanes of at least 4 members (excludes halogenated alkanes) is 1. The number of methoxy groups -OCH3 is 1. The van der Waals surface area contributed by atoms with Crippen LogP contribution in [-0.4, -0.2) is 71.6 Å². The highest BCUT2D eigenvalue weighted by molar-refractivity contribution is 7.92. The lowest BCUT2D eigenvalue weighted by atomic mass is 10.1. The van der Waals surface area contributed by atoms with Gasteiger partial charge in [0.2, 0.25) is 5.91 Å². The molecule has 0 saturated carbocycles. The van der Waals surface area contributed by atoms with Crippen LogP contribution < -0.4 is 5.73 Å². The van der Waals surface area contributed by atoms with E-state index in [1.165, 1.54) is 6.92 Å². The maximum absolute atomic E-state index is 12.0. The van der Waals surface area contributed by atoms with Gasteiger partial charge in [-0.1, -0.05) is 18.2 Å². The quantitative estimate of drug-likeness (QED) is 0.484. The summed E-state index contributed by atoms with van der Waals surface area (Å²) in [4.78, 5) is 23.0. The minimum atomic E-state index is -2.97. The summed E-state index contributed by atoms with van der Waals surface area (Å²) in [5.74, 6) is 1.35. The van der Waals surface area contributed by atoms with Crippen molar-refractivity contribution in [3.63, 3.8) is 0 Å². The molecule has 1 aromatic carbocycles. The fraction of sp³-hybridized carbons (Fsp3) is 0.500. The van der Waals surface area contributed by atoms with Gasteiger partial charge in [-0.25, -0.2) is 18.4 Å². The van der Waals surface area contributed by atoms with E-state index in [-0.39, 0.29) is 23.5 Å². The number of carbonyl (C=O) groups excluding carboxylic acids is 1. The molecule has 0 spiro atoms. The standard InChI is InChI=1S/C22H29N5O4S/c1-15(28)26(16-13-32(29,30)14-16)10-5-6-11-27-19(9-12-31-2)25-20-21(27)17-7-3-4-8-18(17)24-22(20)23/h3-4,7-8,16H,5-6,9-14H2,1-2H3,(H2,23,24). The number of pyridine rings is 1. The van der Waals surface area contributed by atoms with Crippen LogP contribution in [-0.2, 0) is 32.3 Å². The zero-order chi connectivity index (χ0) is 22.9. The fourth-order valence-corrected chi connectivity index (χ4v) is 5.83. The number of carbonyl (C=O) groups is 1. The Labute approximate surface area is 187 Å². The Balaban J connectivity index is 1.55. The van der Waals surface area contributed by atoms with Crippen LogP contribution in [0.2, 0.25) is 0 Å². The second-order valence-corrected chi connectivity index (χ2v) is 10.4. The van der Waals surface area contributed by atoms with E-state index >= 15 is 0 Å². The van der Waals surface area contributed by atoms with Crippen LogP contribution >= 0.6 is 0 Å². The van der Waals surface area contributed by atoms with Crippen molar-refractivity contribution in [1.82, 2.24) is 19.4 Å². The van der Waals surface area contributed by atoms with Gasteiger partial charge < -0.3 is 19.9 Å². The van der Waals surface area contributed by atoms with E-state index < -0.39 is 9.84 Å². The lowest BCUT2D eigenvalue weighted by molar-refractivity contribution is -0.130. The summed E-state index contributed by atoms with van der Waals surface area (Å²) >= 11 is 0. The predicted octanol–water partition coefficient (Wildman–Crippen LogP) is 1.78. The van der Waals surface area contributed by atoms with Gasteiger partial charge in [0.05, 0.1) is 35.2 Å². The monoisotopic (exact) mass is 459 g/mol. The first-order valence-electron chi connectivity index (χ1n) is 10.8. The highest BCUT2D eigenvalue weighted by Gasteiger charge is 2.38. The van der Waals surface area contributed by atoms with Gasteiger partial charge in [0.1, 0.15) is 11.3 Å². The first-order valence-corrected chi connectivity index (χ1v) is 12.6. The number of nitrogen functional groups attached to an aromatic ring is 1. The number of sulfone groups is 1. The summed E-state index contributed by atoms with van der Waals surface area (Å²) in [5, 5.41) is 0.998. The molecule has 32 heavy (non-hydrogen) atoms. The zero-order valence-corrected chi connectivity index (χ0v) is 19.3. The SMILES string of the molecule is COCCc1nc2c(N)nc3ccccc3c2n1CCCCN(C(C)=O)C1CS(=O)(=O)C1. The molecule has 0 unspecified atom stereocenters. The van der Waals surface area contributed by atoms with Gasteiger partial charge in [0, 0.05) is 38.9 Å². The Morgan fingerprint density at radius 1 is 1.25 bits per heavy atom. The molecule has 1 fully saturated rings. The molecule has 10 heteroatoms. The molecule has 2 N–H and O–H groups in total. The number of imidazole rings is 1. The molecule has 0 atom stereocenters. The second kappa shape index (κ2) is 9.03. The largest absolute Gasteiger partial charge is 0.384 e. The minimum Gasteiger partial charge on any atom is -0.384 e. The third kappa shape index (κ3) is 4.42. The Kier molecular flexibility index (Phi) is 6.34. The van der Waals surface area contributed by atoms with Crippen LogP contribution in [0.25, 0.3) is 21.9 Å². The molecule has 4 rings (SSSR count). The van der Waals surface area contributed by atoms with E-state index in [4.69, 9.17) is 15.5 Å². The molecule has 1 aliphatic rings. The van der Waals surface area contributed by atoms with Crippen molar-refractivity contribution < 1.29 is 17.9 Å². The van der Waals surface area contributed by atoms with E-state index in [2.05, 4.69) is 9.55 Å². The van der Waals surface area contributed by atoms with E-state index in [9.17, 15) is 13.2 Å². The van der Waals surface area contributed by atoms with E-state index in [1.54, 1.807) is 12.0 Å². The number of rotatable bonds is 9. The molecule has 172 valence electrons. The number of aryl methyl sites for hydroxylation is 1. The minimum absolute atomic E-state index is 0.0676. The van der Waals surface area contributed by atoms with Crippen LogP contribution in [0.15, 0.2) is 24.3 Å². The molecule has 1 aliphatic heterocycles. The van der Waals surface area contributed by atoms with E-state index in [0.717, 1.165) is 35.1 Å². The lowest BCUT2D eigenvalue weighted by Crippen LogP contribution is -2.55. The number of nitrogens with zero attached hydrogens (tertiary/aromatic N) is 4. The van der Waals surface area contributed by atoms with Crippen molar-refractivity contribution in [2.24, 2.45) is 0 Å². The van der Waals surface area contributed by atoms with Gasteiger partial charge in [-0.3, -0.25) is 4.79 Å². The van der Waals surface area contributed by atoms with Gasteiger partial charge >= 0.3 is 0 Å². The third-order valence-electron chi connectivity index (χ3n) is 5.99. The number of benzene rings is 1. The van der Waals surface area contributed by atoms with Crippen LogP contribution in [0.5, 0.6) is 0 Å². The molecule has 1 amide bonds. The lowest BCUT2D eigenvalue weighted by Gasteiger charge is -2.36. The molecule has 9 nitrogen and oxygen atoms in total. The first-order chi connectivity index (χ1) is 15.3. The van der Waals surface area contributed by atoms with Crippen molar-refractivity contribution >= 4 is 43.5 Å². The summed E-state index contributed by atoms with van der Waals surface area (Å²) in [5.41, 5.74) is 8.71. The Bertz CT molecular complexity index is 1240. The van der Waals surface area contributed by atoms with E-state index in [0.29, 0.717) is 37.5 Å². The van der Waals surface area contributed by atoms with Gasteiger partial charge in [-0.2, -0.15) is 0 Å². The average molecular weight is 460 g/mol. The summed E-state index contributed by atoms with van der Waals surface area (Å²) in [7, 11) is -1.31. The smallest absolute Gasteiger partial charge is 0.219 e. The Morgan fingerprint density at radius 3 is 2.69 bits per heavy atom. The zero-order valence-electron chi connectivity index (χ0n) is 18.5.